The van der Waals surface area contributed by atoms with Crippen molar-refractivity contribution in [2.24, 2.45) is 0 Å². The maximum Gasteiger partial charge on any atom is 0.251 e. The van der Waals surface area contributed by atoms with Gasteiger partial charge in [0, 0.05) is 18.2 Å². The van der Waals surface area contributed by atoms with Crippen LogP contribution in [0.3, 0.4) is 0 Å². The number of benzene rings is 2. The number of ether oxygens (including phenoxy) is 2. The average molecular weight is 459 g/mol. The molecule has 0 atom stereocenters. The van der Waals surface area contributed by atoms with Gasteiger partial charge in [0.2, 0.25) is 10.0 Å². The summed E-state index contributed by atoms with van der Waals surface area (Å²) in [7, 11) is -0.650. The van der Waals surface area contributed by atoms with Gasteiger partial charge in [-0.05, 0) is 54.8 Å². The van der Waals surface area contributed by atoms with E-state index in [1.165, 1.54) is 18.4 Å². The van der Waals surface area contributed by atoms with Gasteiger partial charge >= 0.3 is 0 Å². The molecule has 0 spiro atoms. The minimum atomic E-state index is -3.81. The molecule has 2 N–H and O–H groups in total. The summed E-state index contributed by atoms with van der Waals surface area (Å²) >= 11 is 0. The van der Waals surface area contributed by atoms with E-state index in [9.17, 15) is 13.2 Å². The molecule has 32 heavy (non-hydrogen) atoms. The first kappa shape index (κ1) is 23.4. The third kappa shape index (κ3) is 5.68. The van der Waals surface area contributed by atoms with Gasteiger partial charge in [-0.3, -0.25) is 4.79 Å². The van der Waals surface area contributed by atoms with Gasteiger partial charge in [0.15, 0.2) is 0 Å². The molecule has 1 aromatic heterocycles. The Hall–Kier alpha value is -3.30. The number of carbonyl (C=O) groups excluding carboxylic acids is 1. The molecule has 170 valence electrons. The van der Waals surface area contributed by atoms with Crippen LogP contribution in [0.5, 0.6) is 11.5 Å². The van der Waals surface area contributed by atoms with Crippen molar-refractivity contribution in [3.8, 4) is 11.5 Å². The van der Waals surface area contributed by atoms with E-state index in [1.807, 2.05) is 12.1 Å². The fourth-order valence-corrected chi connectivity index (χ4v) is 4.16. The fourth-order valence-electron chi connectivity index (χ4n) is 3.14. The van der Waals surface area contributed by atoms with Crippen molar-refractivity contribution in [2.75, 3.05) is 20.8 Å². The molecule has 9 heteroatoms. The number of aryl methyl sites for hydroxylation is 1. The van der Waals surface area contributed by atoms with Gasteiger partial charge in [0.25, 0.3) is 5.91 Å². The topological polar surface area (TPSA) is 107 Å². The number of rotatable bonds is 10. The highest BCUT2D eigenvalue weighted by molar-refractivity contribution is 7.89. The maximum atomic E-state index is 12.7. The third-order valence-corrected chi connectivity index (χ3v) is 6.35. The molecule has 0 radical (unpaired) electrons. The molecular formula is C23H26N2O6S. The Morgan fingerprint density at radius 1 is 1.06 bits per heavy atom. The van der Waals surface area contributed by atoms with Crippen LogP contribution in [-0.2, 0) is 23.0 Å². The van der Waals surface area contributed by atoms with E-state index >= 15 is 0 Å². The van der Waals surface area contributed by atoms with Crippen LogP contribution >= 0.6 is 0 Å². The van der Waals surface area contributed by atoms with Crippen LogP contribution in [0.2, 0.25) is 0 Å². The lowest BCUT2D eigenvalue weighted by molar-refractivity contribution is 0.0953. The van der Waals surface area contributed by atoms with Crippen LogP contribution in [0.15, 0.2) is 64.1 Å². The van der Waals surface area contributed by atoms with Crippen molar-refractivity contribution < 1.29 is 27.1 Å². The van der Waals surface area contributed by atoms with Crippen LogP contribution in [0.25, 0.3) is 0 Å². The standard InChI is InChI=1S/C23H26N2O6S/c1-16-6-9-20(32(27,28)25-15-19-5-4-12-31-19)14-21(16)23(26)24-11-10-17-7-8-18(29-2)13-22(17)30-3/h4-9,12-14,25H,10-11,15H2,1-3H3,(H,24,26). The molecular weight excluding hydrogens is 432 g/mol. The Labute approximate surface area is 187 Å². The molecule has 1 amide bonds. The van der Waals surface area contributed by atoms with E-state index in [1.54, 1.807) is 45.4 Å². The molecule has 8 nitrogen and oxygen atoms in total. The highest BCUT2D eigenvalue weighted by Crippen LogP contribution is 2.24. The predicted molar refractivity (Wildman–Crippen MR) is 119 cm³/mol. The van der Waals surface area contributed by atoms with Crippen molar-refractivity contribution in [3.63, 3.8) is 0 Å². The Bertz CT molecular complexity index is 1170. The minimum absolute atomic E-state index is 0.0108. The molecule has 0 saturated heterocycles. The van der Waals surface area contributed by atoms with Crippen LogP contribution in [-0.4, -0.2) is 35.1 Å². The number of methoxy groups -OCH3 is 2. The molecule has 3 rings (SSSR count). The summed E-state index contributed by atoms with van der Waals surface area (Å²) in [6.07, 6.45) is 2.01. The molecule has 0 aliphatic heterocycles. The quantitative estimate of drug-likeness (QED) is 0.484. The summed E-state index contributed by atoms with van der Waals surface area (Å²) in [4.78, 5) is 12.8. The number of nitrogens with one attached hydrogen (secondary N) is 2. The van der Waals surface area contributed by atoms with E-state index in [-0.39, 0.29) is 17.3 Å². The third-order valence-electron chi connectivity index (χ3n) is 4.95. The number of amides is 1. The highest BCUT2D eigenvalue weighted by atomic mass is 32.2. The summed E-state index contributed by atoms with van der Waals surface area (Å²) in [5.41, 5.74) is 1.89. The molecule has 3 aromatic rings. The minimum Gasteiger partial charge on any atom is -0.497 e. The fraction of sp³-hybridized carbons (Fsp3) is 0.261. The SMILES string of the molecule is COc1ccc(CCNC(=O)c2cc(S(=O)(=O)NCc3ccco3)ccc2C)c(OC)c1. The van der Waals surface area contributed by atoms with Crippen molar-refractivity contribution >= 4 is 15.9 Å². The Balaban J connectivity index is 1.66. The highest BCUT2D eigenvalue weighted by Gasteiger charge is 2.18. The zero-order valence-electron chi connectivity index (χ0n) is 18.2. The number of carbonyl (C=O) groups is 1. The van der Waals surface area contributed by atoms with Crippen molar-refractivity contribution in [2.45, 2.75) is 24.8 Å². The lowest BCUT2D eigenvalue weighted by Gasteiger charge is -2.13. The Morgan fingerprint density at radius 3 is 2.56 bits per heavy atom. The lowest BCUT2D eigenvalue weighted by atomic mass is 10.1. The van der Waals surface area contributed by atoms with Gasteiger partial charge in [-0.2, -0.15) is 0 Å². The first-order valence-electron chi connectivity index (χ1n) is 9.96. The number of hydrogen-bond donors (Lipinski definition) is 2. The first-order chi connectivity index (χ1) is 15.3. The average Bonchev–Trinajstić information content (AvgIpc) is 3.32. The number of sulfonamides is 1. The predicted octanol–water partition coefficient (Wildman–Crippen LogP) is 3.06. The summed E-state index contributed by atoms with van der Waals surface area (Å²) in [5.74, 6) is 1.50. The molecule has 0 fully saturated rings. The Morgan fingerprint density at radius 2 is 1.88 bits per heavy atom. The number of furan rings is 1. The van der Waals surface area contributed by atoms with Crippen LogP contribution in [0.1, 0.15) is 27.2 Å². The van der Waals surface area contributed by atoms with Gasteiger partial charge in [0.1, 0.15) is 17.3 Å². The van der Waals surface area contributed by atoms with Gasteiger partial charge < -0.3 is 19.2 Å². The molecule has 0 aliphatic carbocycles. The van der Waals surface area contributed by atoms with Gasteiger partial charge in [0.05, 0.1) is 31.9 Å². The molecule has 0 saturated carbocycles. The summed E-state index contributed by atoms with van der Waals surface area (Å²) in [6, 6.07) is 13.3. The van der Waals surface area contributed by atoms with Gasteiger partial charge in [-0.1, -0.05) is 12.1 Å². The second kappa shape index (κ2) is 10.3. The Kier molecular flexibility index (Phi) is 7.55. The second-order valence-corrected chi connectivity index (χ2v) is 8.83. The molecule has 0 bridgehead atoms. The lowest BCUT2D eigenvalue weighted by Crippen LogP contribution is -2.27. The largest absolute Gasteiger partial charge is 0.497 e. The van der Waals surface area contributed by atoms with E-state index in [4.69, 9.17) is 13.9 Å². The van der Waals surface area contributed by atoms with Gasteiger partial charge in [-0.25, -0.2) is 13.1 Å². The van der Waals surface area contributed by atoms with E-state index < -0.39 is 10.0 Å². The normalized spacial score (nSPS) is 11.2. The summed E-state index contributed by atoms with van der Waals surface area (Å²) in [6.45, 7) is 2.14. The van der Waals surface area contributed by atoms with Crippen LogP contribution in [0, 0.1) is 6.92 Å². The summed E-state index contributed by atoms with van der Waals surface area (Å²) in [5, 5.41) is 2.85. The molecule has 2 aromatic carbocycles. The van der Waals surface area contributed by atoms with E-state index in [0.29, 0.717) is 41.4 Å². The van der Waals surface area contributed by atoms with Crippen LogP contribution in [0.4, 0.5) is 0 Å². The first-order valence-corrected chi connectivity index (χ1v) is 11.4. The molecule has 1 heterocycles. The second-order valence-electron chi connectivity index (χ2n) is 7.06. The smallest absolute Gasteiger partial charge is 0.251 e. The monoisotopic (exact) mass is 458 g/mol. The van der Waals surface area contributed by atoms with Gasteiger partial charge in [-0.15, -0.1) is 0 Å². The molecule has 0 unspecified atom stereocenters. The number of hydrogen-bond acceptors (Lipinski definition) is 6. The zero-order chi connectivity index (χ0) is 23.1. The van der Waals surface area contributed by atoms with Crippen LogP contribution < -0.4 is 19.5 Å². The van der Waals surface area contributed by atoms with Crippen molar-refractivity contribution in [1.29, 1.82) is 0 Å². The molecule has 0 aliphatic rings. The van der Waals surface area contributed by atoms with Crippen molar-refractivity contribution in [3.05, 3.63) is 77.2 Å². The zero-order valence-corrected chi connectivity index (χ0v) is 19.0. The van der Waals surface area contributed by atoms with Crippen molar-refractivity contribution in [1.82, 2.24) is 10.0 Å². The summed E-state index contributed by atoms with van der Waals surface area (Å²) < 4.78 is 43.4. The van der Waals surface area contributed by atoms with E-state index in [0.717, 1.165) is 5.56 Å². The maximum absolute atomic E-state index is 12.7. The van der Waals surface area contributed by atoms with E-state index in [2.05, 4.69) is 10.0 Å².